The molecule has 1 aliphatic rings. The number of amides is 3. The van der Waals surface area contributed by atoms with Gasteiger partial charge in [0.05, 0.1) is 6.42 Å². The molecule has 0 saturated carbocycles. The Morgan fingerprint density at radius 1 is 0.906 bits per heavy atom. The second-order valence-corrected chi connectivity index (χ2v) is 8.70. The summed E-state index contributed by atoms with van der Waals surface area (Å²) >= 11 is 1.64. The summed E-state index contributed by atoms with van der Waals surface area (Å²) in [4.78, 5) is 28.3. The van der Waals surface area contributed by atoms with E-state index in [2.05, 4.69) is 16.7 Å². The van der Waals surface area contributed by atoms with Crippen molar-refractivity contribution in [2.45, 2.75) is 30.6 Å². The van der Waals surface area contributed by atoms with E-state index in [9.17, 15) is 9.59 Å². The molecule has 0 aromatic heterocycles. The maximum atomic E-state index is 13.0. The minimum absolute atomic E-state index is 0.0683. The Kier molecular flexibility index (Phi) is 7.12. The van der Waals surface area contributed by atoms with Crippen molar-refractivity contribution in [2.24, 2.45) is 0 Å². The summed E-state index contributed by atoms with van der Waals surface area (Å²) in [6.45, 7) is 0.707. The number of aryl methyl sites for hydroxylation is 1. The number of thioether (sulfide) groups is 1. The monoisotopic (exact) mass is 445 g/mol. The van der Waals surface area contributed by atoms with Gasteiger partial charge in [-0.1, -0.05) is 36.4 Å². The van der Waals surface area contributed by atoms with Crippen LogP contribution in [0, 0.1) is 0 Å². The highest BCUT2D eigenvalue weighted by Gasteiger charge is 2.20. The number of carbonyl (C=O) groups excluding carboxylic acids is 2. The molecule has 0 saturated heterocycles. The Bertz CT molecular complexity index is 1100. The summed E-state index contributed by atoms with van der Waals surface area (Å²) in [5.41, 5.74) is 4.60. The molecule has 0 unspecified atom stereocenters. The number of hydrogen-bond acceptors (Lipinski definition) is 3. The van der Waals surface area contributed by atoms with Gasteiger partial charge in [-0.05, 0) is 73.0 Å². The fraction of sp³-hybridized carbons (Fsp3) is 0.231. The average Bonchev–Trinajstić information content (AvgIpc) is 3.03. The average molecular weight is 446 g/mol. The lowest BCUT2D eigenvalue weighted by atomic mass is 10.1. The molecule has 0 aliphatic carbocycles. The van der Waals surface area contributed by atoms with Gasteiger partial charge in [0, 0.05) is 28.5 Å². The number of rotatable bonds is 5. The normalized spacial score (nSPS) is 13.1. The van der Waals surface area contributed by atoms with Gasteiger partial charge >= 0.3 is 6.03 Å². The molecular weight excluding hydrogens is 418 g/mol. The van der Waals surface area contributed by atoms with Crippen molar-refractivity contribution in [2.75, 3.05) is 28.3 Å². The van der Waals surface area contributed by atoms with Gasteiger partial charge < -0.3 is 10.6 Å². The van der Waals surface area contributed by atoms with Crippen LogP contribution in [0.4, 0.5) is 21.9 Å². The first-order valence-electron chi connectivity index (χ1n) is 10.8. The van der Waals surface area contributed by atoms with Crippen LogP contribution in [-0.4, -0.2) is 24.7 Å². The van der Waals surface area contributed by atoms with Gasteiger partial charge in [0.1, 0.15) is 0 Å². The molecule has 5 nitrogen and oxygen atoms in total. The minimum atomic E-state index is -0.126. The van der Waals surface area contributed by atoms with Gasteiger partial charge in [0.25, 0.3) is 0 Å². The topological polar surface area (TPSA) is 61.4 Å². The number of para-hydroxylation sites is 1. The van der Waals surface area contributed by atoms with Crippen LogP contribution in [0.5, 0.6) is 0 Å². The number of nitrogens with zero attached hydrogens (tertiary/aromatic N) is 1. The van der Waals surface area contributed by atoms with Crippen LogP contribution in [0.1, 0.15) is 24.0 Å². The Morgan fingerprint density at radius 2 is 1.72 bits per heavy atom. The Balaban J connectivity index is 1.36. The van der Waals surface area contributed by atoms with Crippen molar-refractivity contribution in [1.29, 1.82) is 0 Å². The first-order valence-corrected chi connectivity index (χ1v) is 12.0. The molecule has 6 heteroatoms. The number of anilines is 3. The van der Waals surface area contributed by atoms with Crippen LogP contribution in [0.25, 0.3) is 0 Å². The van der Waals surface area contributed by atoms with Gasteiger partial charge in [0.2, 0.25) is 5.91 Å². The second-order valence-electron chi connectivity index (χ2n) is 7.82. The van der Waals surface area contributed by atoms with Gasteiger partial charge in [0.15, 0.2) is 0 Å². The third kappa shape index (κ3) is 5.51. The summed E-state index contributed by atoms with van der Waals surface area (Å²) in [5.74, 6) is -0.0683. The van der Waals surface area contributed by atoms with Crippen LogP contribution >= 0.6 is 11.8 Å². The number of nitrogens with one attached hydrogen (secondary N) is 2. The highest BCUT2D eigenvalue weighted by atomic mass is 32.2. The van der Waals surface area contributed by atoms with E-state index in [0.717, 1.165) is 41.1 Å². The van der Waals surface area contributed by atoms with Gasteiger partial charge in [-0.15, -0.1) is 11.8 Å². The zero-order chi connectivity index (χ0) is 22.3. The Morgan fingerprint density at radius 3 is 2.53 bits per heavy atom. The SMILES string of the molecule is CSc1cccc(NC(=O)Cc2ccc(NC(=O)N3CCCCc4ccccc43)cc2)c1. The number of hydrogen-bond donors (Lipinski definition) is 2. The lowest BCUT2D eigenvalue weighted by Gasteiger charge is -2.23. The molecule has 1 heterocycles. The third-order valence-electron chi connectivity index (χ3n) is 5.53. The molecule has 32 heavy (non-hydrogen) atoms. The predicted octanol–water partition coefficient (Wildman–Crippen LogP) is 5.96. The summed E-state index contributed by atoms with van der Waals surface area (Å²) < 4.78 is 0. The van der Waals surface area contributed by atoms with Crippen LogP contribution in [0.3, 0.4) is 0 Å². The number of carbonyl (C=O) groups is 2. The zero-order valence-electron chi connectivity index (χ0n) is 18.1. The van der Waals surface area contributed by atoms with Crippen LogP contribution < -0.4 is 15.5 Å². The second kappa shape index (κ2) is 10.4. The molecule has 2 N–H and O–H groups in total. The van der Waals surface area contributed by atoms with Gasteiger partial charge in [-0.2, -0.15) is 0 Å². The van der Waals surface area contributed by atoms with E-state index in [-0.39, 0.29) is 18.4 Å². The Labute approximate surface area is 193 Å². The molecule has 0 fully saturated rings. The van der Waals surface area contributed by atoms with E-state index >= 15 is 0 Å². The zero-order valence-corrected chi connectivity index (χ0v) is 19.0. The molecule has 3 amide bonds. The van der Waals surface area contributed by atoms with Gasteiger partial charge in [-0.25, -0.2) is 4.79 Å². The van der Waals surface area contributed by atoms with E-state index in [0.29, 0.717) is 12.2 Å². The van der Waals surface area contributed by atoms with E-state index in [1.165, 1.54) is 5.56 Å². The lowest BCUT2D eigenvalue weighted by molar-refractivity contribution is -0.115. The maximum absolute atomic E-state index is 13.0. The van der Waals surface area contributed by atoms with Crippen molar-refractivity contribution >= 4 is 40.8 Å². The molecule has 0 spiro atoms. The maximum Gasteiger partial charge on any atom is 0.326 e. The standard InChI is InChI=1S/C26H27N3O2S/c1-32-23-10-6-9-22(18-23)27-25(30)17-19-12-14-21(15-13-19)28-26(31)29-16-5-4-8-20-7-2-3-11-24(20)29/h2-3,6-7,9-15,18H,4-5,8,16-17H2,1H3,(H,27,30)(H,28,31). The van der Waals surface area contributed by atoms with Crippen molar-refractivity contribution < 1.29 is 9.59 Å². The third-order valence-corrected chi connectivity index (χ3v) is 6.25. The summed E-state index contributed by atoms with van der Waals surface area (Å²) in [6, 6.07) is 23.2. The molecule has 164 valence electrons. The lowest BCUT2D eigenvalue weighted by Crippen LogP contribution is -2.35. The molecule has 0 atom stereocenters. The highest BCUT2D eigenvalue weighted by Crippen LogP contribution is 2.27. The highest BCUT2D eigenvalue weighted by molar-refractivity contribution is 7.98. The van der Waals surface area contributed by atoms with Crippen molar-refractivity contribution in [3.63, 3.8) is 0 Å². The number of urea groups is 1. The minimum Gasteiger partial charge on any atom is -0.326 e. The van der Waals surface area contributed by atoms with Crippen LogP contribution in [0.15, 0.2) is 77.7 Å². The molecular formula is C26H27N3O2S. The van der Waals surface area contributed by atoms with E-state index in [1.54, 1.807) is 11.8 Å². The van der Waals surface area contributed by atoms with Crippen molar-refractivity contribution in [3.05, 3.63) is 83.9 Å². The predicted molar refractivity (Wildman–Crippen MR) is 133 cm³/mol. The molecule has 0 radical (unpaired) electrons. The smallest absolute Gasteiger partial charge is 0.326 e. The first-order chi connectivity index (χ1) is 15.6. The largest absolute Gasteiger partial charge is 0.326 e. The van der Waals surface area contributed by atoms with E-state index in [1.807, 2.05) is 77.9 Å². The summed E-state index contributed by atoms with van der Waals surface area (Å²) in [6.07, 6.45) is 5.34. The van der Waals surface area contributed by atoms with Crippen molar-refractivity contribution in [1.82, 2.24) is 0 Å². The molecule has 1 aliphatic heterocycles. The fourth-order valence-corrected chi connectivity index (χ4v) is 4.35. The first kappa shape index (κ1) is 22.0. The quantitative estimate of drug-likeness (QED) is 0.476. The summed E-state index contributed by atoms with van der Waals surface area (Å²) in [5, 5.41) is 5.94. The van der Waals surface area contributed by atoms with E-state index in [4.69, 9.17) is 0 Å². The summed E-state index contributed by atoms with van der Waals surface area (Å²) in [7, 11) is 0. The Hall–Kier alpha value is -3.25. The van der Waals surface area contributed by atoms with Gasteiger partial charge in [-0.3, -0.25) is 9.69 Å². The fourth-order valence-electron chi connectivity index (χ4n) is 3.89. The molecule has 4 rings (SSSR count). The molecule has 3 aromatic carbocycles. The number of fused-ring (bicyclic) bond motifs is 1. The molecule has 3 aromatic rings. The van der Waals surface area contributed by atoms with Crippen LogP contribution in [-0.2, 0) is 17.6 Å². The molecule has 0 bridgehead atoms. The van der Waals surface area contributed by atoms with Crippen LogP contribution in [0.2, 0.25) is 0 Å². The van der Waals surface area contributed by atoms with Crippen molar-refractivity contribution in [3.8, 4) is 0 Å². The number of benzene rings is 3. The van der Waals surface area contributed by atoms with E-state index < -0.39 is 0 Å².